The van der Waals surface area contributed by atoms with Crippen molar-refractivity contribution in [3.8, 4) is 0 Å². The number of aliphatic hydroxyl groups is 1. The summed E-state index contributed by atoms with van der Waals surface area (Å²) in [7, 11) is -4.03. The first kappa shape index (κ1) is 24.7. The molecule has 2 aromatic carbocycles. The number of pyridine rings is 1. The number of anilines is 1. The first-order chi connectivity index (χ1) is 15.6. The third kappa shape index (κ3) is 5.51. The van der Waals surface area contributed by atoms with Crippen LogP contribution in [0.1, 0.15) is 33.3 Å². The number of likely N-dealkylation sites (N-methyl/N-ethyl adjacent to an activating group) is 1. The van der Waals surface area contributed by atoms with Crippen LogP contribution in [0.15, 0.2) is 65.7 Å². The van der Waals surface area contributed by atoms with Gasteiger partial charge in [-0.3, -0.25) is 14.1 Å². The van der Waals surface area contributed by atoms with E-state index in [1.54, 1.807) is 61.7 Å². The molecule has 0 spiro atoms. The van der Waals surface area contributed by atoms with Gasteiger partial charge in [0, 0.05) is 24.7 Å². The van der Waals surface area contributed by atoms with Crippen molar-refractivity contribution in [2.75, 3.05) is 30.5 Å². The van der Waals surface area contributed by atoms with Crippen molar-refractivity contribution >= 4 is 32.5 Å². The number of hydrogen-bond donors (Lipinski definition) is 1. The lowest BCUT2D eigenvalue weighted by Crippen LogP contribution is -2.44. The summed E-state index contributed by atoms with van der Waals surface area (Å²) in [5.74, 6) is -0.382. The Morgan fingerprint density at radius 2 is 1.76 bits per heavy atom. The molecule has 0 unspecified atom stereocenters. The van der Waals surface area contributed by atoms with Crippen molar-refractivity contribution < 1.29 is 18.3 Å². The molecule has 33 heavy (non-hydrogen) atoms. The maximum absolute atomic E-state index is 13.7. The second kappa shape index (κ2) is 9.89. The van der Waals surface area contributed by atoms with Crippen LogP contribution in [0.5, 0.6) is 0 Å². The minimum Gasteiger partial charge on any atom is -0.395 e. The number of amides is 1. The zero-order chi connectivity index (χ0) is 24.2. The fourth-order valence-corrected chi connectivity index (χ4v) is 5.00. The van der Waals surface area contributed by atoms with Gasteiger partial charge in [-0.15, -0.1) is 0 Å². The Hall–Kier alpha value is -2.97. The molecule has 8 heteroatoms. The summed E-state index contributed by atoms with van der Waals surface area (Å²) in [6, 6.07) is 15.5. The van der Waals surface area contributed by atoms with Crippen molar-refractivity contribution in [2.45, 2.75) is 38.0 Å². The minimum absolute atomic E-state index is 0.111. The molecule has 0 bridgehead atoms. The van der Waals surface area contributed by atoms with E-state index in [2.05, 4.69) is 25.8 Å². The predicted molar refractivity (Wildman–Crippen MR) is 131 cm³/mol. The highest BCUT2D eigenvalue weighted by Gasteiger charge is 2.29. The van der Waals surface area contributed by atoms with Crippen LogP contribution in [0.3, 0.4) is 0 Å². The largest absolute Gasteiger partial charge is 0.395 e. The summed E-state index contributed by atoms with van der Waals surface area (Å²) < 4.78 is 28.6. The molecule has 0 saturated heterocycles. The van der Waals surface area contributed by atoms with Gasteiger partial charge in [-0.25, -0.2) is 8.42 Å². The number of carbonyl (C=O) groups is 1. The van der Waals surface area contributed by atoms with Crippen LogP contribution in [0.25, 0.3) is 10.9 Å². The molecule has 0 aliphatic carbocycles. The molecule has 0 atom stereocenters. The topological polar surface area (TPSA) is 90.8 Å². The van der Waals surface area contributed by atoms with Crippen LogP contribution in [0, 0.1) is 0 Å². The molecule has 176 valence electrons. The van der Waals surface area contributed by atoms with E-state index in [1.165, 1.54) is 4.90 Å². The maximum Gasteiger partial charge on any atom is 0.264 e. The lowest BCUT2D eigenvalue weighted by molar-refractivity contribution is -0.129. The van der Waals surface area contributed by atoms with Crippen LogP contribution in [0.2, 0.25) is 0 Å². The molecule has 0 aliphatic heterocycles. The smallest absolute Gasteiger partial charge is 0.264 e. The number of nitrogens with zero attached hydrogens (tertiary/aromatic N) is 3. The summed E-state index contributed by atoms with van der Waals surface area (Å²) in [5, 5.41) is 10.1. The van der Waals surface area contributed by atoms with Crippen molar-refractivity contribution in [2.24, 2.45) is 0 Å². The number of benzene rings is 2. The van der Waals surface area contributed by atoms with E-state index in [1.807, 2.05) is 6.07 Å². The average molecular weight is 470 g/mol. The standard InChI is InChI=1S/C25H31N3O4S/c1-5-27(15-16-29)24(30)18-28(21-10-13-23-19(17-21)7-6-14-26-23)33(31,32)22-11-8-20(9-12-22)25(2,3)4/h6-14,17,29H,5,15-16,18H2,1-4H3. The Morgan fingerprint density at radius 1 is 1.06 bits per heavy atom. The van der Waals surface area contributed by atoms with Gasteiger partial charge >= 0.3 is 0 Å². The number of aliphatic hydroxyl groups excluding tert-OH is 1. The normalized spacial score (nSPS) is 12.0. The van der Waals surface area contributed by atoms with E-state index in [9.17, 15) is 18.3 Å². The van der Waals surface area contributed by atoms with E-state index < -0.39 is 10.0 Å². The Bertz CT molecular complexity index is 1220. The fourth-order valence-electron chi connectivity index (χ4n) is 3.59. The molecular weight excluding hydrogens is 438 g/mol. The van der Waals surface area contributed by atoms with E-state index in [0.717, 1.165) is 20.8 Å². The third-order valence-corrected chi connectivity index (χ3v) is 7.35. The summed E-state index contributed by atoms with van der Waals surface area (Å²) in [5.41, 5.74) is 2.01. The highest BCUT2D eigenvalue weighted by atomic mass is 32.2. The summed E-state index contributed by atoms with van der Waals surface area (Å²) >= 11 is 0. The van der Waals surface area contributed by atoms with Crippen LogP contribution in [-0.4, -0.2) is 55.6 Å². The Kier molecular flexibility index (Phi) is 7.39. The Balaban J connectivity index is 2.07. The van der Waals surface area contributed by atoms with Gasteiger partial charge < -0.3 is 10.0 Å². The van der Waals surface area contributed by atoms with Crippen molar-refractivity contribution in [1.29, 1.82) is 0 Å². The van der Waals surface area contributed by atoms with E-state index in [-0.39, 0.29) is 35.9 Å². The maximum atomic E-state index is 13.7. The fraction of sp³-hybridized carbons (Fsp3) is 0.360. The molecule has 7 nitrogen and oxygen atoms in total. The zero-order valence-corrected chi connectivity index (χ0v) is 20.3. The molecule has 3 rings (SSSR count). The molecule has 3 aromatic rings. The molecular formula is C25H31N3O4S. The van der Waals surface area contributed by atoms with Crippen molar-refractivity contribution in [3.05, 3.63) is 66.4 Å². The summed E-state index contributed by atoms with van der Waals surface area (Å²) in [6.07, 6.45) is 1.67. The quantitative estimate of drug-likeness (QED) is 0.545. The van der Waals surface area contributed by atoms with Gasteiger partial charge in [0.15, 0.2) is 0 Å². The van der Waals surface area contributed by atoms with Gasteiger partial charge in [-0.05, 0) is 54.3 Å². The van der Waals surface area contributed by atoms with Gasteiger partial charge in [0.2, 0.25) is 5.91 Å². The molecule has 0 aliphatic rings. The predicted octanol–water partition coefficient (Wildman–Crippen LogP) is 3.57. The Labute approximate surface area is 195 Å². The number of sulfonamides is 1. The lowest BCUT2D eigenvalue weighted by Gasteiger charge is -2.28. The number of fused-ring (bicyclic) bond motifs is 1. The molecule has 1 aromatic heterocycles. The van der Waals surface area contributed by atoms with Crippen LogP contribution in [0.4, 0.5) is 5.69 Å². The van der Waals surface area contributed by atoms with E-state index >= 15 is 0 Å². The van der Waals surface area contributed by atoms with Gasteiger partial charge in [-0.2, -0.15) is 0 Å². The number of hydrogen-bond acceptors (Lipinski definition) is 5. The zero-order valence-electron chi connectivity index (χ0n) is 19.5. The lowest BCUT2D eigenvalue weighted by atomic mass is 9.87. The highest BCUT2D eigenvalue weighted by molar-refractivity contribution is 7.92. The number of rotatable bonds is 8. The number of aromatic nitrogens is 1. The van der Waals surface area contributed by atoms with E-state index in [4.69, 9.17) is 0 Å². The van der Waals surface area contributed by atoms with Gasteiger partial charge in [-0.1, -0.05) is 39.0 Å². The number of carbonyl (C=O) groups excluding carboxylic acids is 1. The first-order valence-electron chi connectivity index (χ1n) is 10.9. The third-order valence-electron chi connectivity index (χ3n) is 5.57. The average Bonchev–Trinajstić information content (AvgIpc) is 2.80. The van der Waals surface area contributed by atoms with Gasteiger partial charge in [0.05, 0.1) is 22.7 Å². The van der Waals surface area contributed by atoms with E-state index in [0.29, 0.717) is 12.2 Å². The highest BCUT2D eigenvalue weighted by Crippen LogP contribution is 2.29. The first-order valence-corrected chi connectivity index (χ1v) is 12.4. The van der Waals surface area contributed by atoms with Crippen LogP contribution < -0.4 is 4.31 Å². The minimum atomic E-state index is -4.03. The van der Waals surface area contributed by atoms with Crippen molar-refractivity contribution in [3.63, 3.8) is 0 Å². The van der Waals surface area contributed by atoms with Crippen LogP contribution >= 0.6 is 0 Å². The molecule has 0 radical (unpaired) electrons. The van der Waals surface area contributed by atoms with Gasteiger partial charge in [0.25, 0.3) is 10.0 Å². The SMILES string of the molecule is CCN(CCO)C(=O)CN(c1ccc2ncccc2c1)S(=O)(=O)c1ccc(C(C)(C)C)cc1. The summed E-state index contributed by atoms with van der Waals surface area (Å²) in [4.78, 5) is 18.8. The molecule has 0 saturated carbocycles. The Morgan fingerprint density at radius 3 is 2.36 bits per heavy atom. The molecule has 1 heterocycles. The summed E-state index contributed by atoms with van der Waals surface area (Å²) in [6.45, 7) is 7.92. The second-order valence-electron chi connectivity index (χ2n) is 8.86. The van der Waals surface area contributed by atoms with Crippen LogP contribution in [-0.2, 0) is 20.2 Å². The molecule has 1 amide bonds. The molecule has 1 N–H and O–H groups in total. The van der Waals surface area contributed by atoms with Gasteiger partial charge in [0.1, 0.15) is 6.54 Å². The molecule has 0 fully saturated rings. The second-order valence-corrected chi connectivity index (χ2v) is 10.7. The van der Waals surface area contributed by atoms with Crippen molar-refractivity contribution in [1.82, 2.24) is 9.88 Å². The monoisotopic (exact) mass is 469 g/mol.